The van der Waals surface area contributed by atoms with Gasteiger partial charge in [-0.2, -0.15) is 0 Å². The SMILES string of the molecule is O=S(=O)(NCCc1ccc2c(c1)CCOC2)c1cc(Br)cnc1N1CCCC(CN2CCCCC2)C1. The highest BCUT2D eigenvalue weighted by Gasteiger charge is 2.29. The molecule has 7 nitrogen and oxygen atoms in total. The van der Waals surface area contributed by atoms with Crippen LogP contribution < -0.4 is 9.62 Å². The van der Waals surface area contributed by atoms with E-state index in [0.717, 1.165) is 44.6 Å². The lowest BCUT2D eigenvalue weighted by Crippen LogP contribution is -2.43. The van der Waals surface area contributed by atoms with Gasteiger partial charge in [0.25, 0.3) is 0 Å². The molecule has 0 amide bonds. The third-order valence-corrected chi connectivity index (χ3v) is 9.52. The summed E-state index contributed by atoms with van der Waals surface area (Å²) >= 11 is 3.44. The number of benzene rings is 1. The first kappa shape index (κ1) is 26.1. The van der Waals surface area contributed by atoms with Gasteiger partial charge in [-0.1, -0.05) is 24.6 Å². The number of nitrogens with one attached hydrogen (secondary N) is 1. The molecular weight excluding hydrogens is 540 g/mol. The standard InChI is InChI=1S/C27H37BrN4O3S/c28-25-16-26(36(33,34)30-10-8-21-6-7-24-20-35-14-9-23(24)15-21)27(29-17-25)32-13-4-5-22(19-32)18-31-11-2-1-3-12-31/h6-7,15-17,22,30H,1-5,8-14,18-20H2. The van der Waals surface area contributed by atoms with E-state index in [1.165, 1.54) is 49.9 Å². The van der Waals surface area contributed by atoms with Gasteiger partial charge in [0.05, 0.1) is 13.2 Å². The molecule has 3 aliphatic rings. The number of piperidine rings is 2. The van der Waals surface area contributed by atoms with E-state index < -0.39 is 10.0 Å². The van der Waals surface area contributed by atoms with Crippen LogP contribution in [0.4, 0.5) is 5.82 Å². The van der Waals surface area contributed by atoms with Crippen molar-refractivity contribution in [3.05, 3.63) is 51.6 Å². The molecule has 0 spiro atoms. The van der Waals surface area contributed by atoms with Crippen LogP contribution in [0.1, 0.15) is 48.8 Å². The van der Waals surface area contributed by atoms with Crippen LogP contribution in [0.5, 0.6) is 0 Å². The van der Waals surface area contributed by atoms with Gasteiger partial charge in [0, 0.05) is 36.8 Å². The Bertz CT molecular complexity index is 1150. The van der Waals surface area contributed by atoms with Crippen LogP contribution in [0.3, 0.4) is 0 Å². The van der Waals surface area contributed by atoms with Crippen LogP contribution in [0.2, 0.25) is 0 Å². The average Bonchev–Trinajstić information content (AvgIpc) is 2.89. The second kappa shape index (κ2) is 11.9. The molecule has 196 valence electrons. The molecule has 0 bridgehead atoms. The van der Waals surface area contributed by atoms with Crippen LogP contribution in [0.25, 0.3) is 0 Å². The summed E-state index contributed by atoms with van der Waals surface area (Å²) in [5.74, 6) is 1.11. The molecule has 1 N–H and O–H groups in total. The number of sulfonamides is 1. The summed E-state index contributed by atoms with van der Waals surface area (Å²) in [5.41, 5.74) is 3.68. The molecule has 1 aromatic carbocycles. The van der Waals surface area contributed by atoms with Crippen molar-refractivity contribution in [2.24, 2.45) is 5.92 Å². The number of likely N-dealkylation sites (tertiary alicyclic amines) is 1. The predicted molar refractivity (Wildman–Crippen MR) is 146 cm³/mol. The fourth-order valence-corrected chi connectivity index (χ4v) is 7.46. The molecule has 0 saturated carbocycles. The van der Waals surface area contributed by atoms with Crippen molar-refractivity contribution in [1.29, 1.82) is 0 Å². The van der Waals surface area contributed by atoms with E-state index in [0.29, 0.717) is 35.8 Å². The lowest BCUT2D eigenvalue weighted by atomic mass is 9.96. The quantitative estimate of drug-likeness (QED) is 0.509. The molecule has 1 atom stereocenters. The number of aromatic nitrogens is 1. The van der Waals surface area contributed by atoms with E-state index >= 15 is 0 Å². The highest BCUT2D eigenvalue weighted by Crippen LogP contribution is 2.30. The van der Waals surface area contributed by atoms with Crippen molar-refractivity contribution in [3.8, 4) is 0 Å². The van der Waals surface area contributed by atoms with Gasteiger partial charge in [0.2, 0.25) is 10.0 Å². The molecule has 1 aromatic heterocycles. The first-order valence-electron chi connectivity index (χ1n) is 13.3. The molecule has 0 aliphatic carbocycles. The van der Waals surface area contributed by atoms with Crippen LogP contribution in [-0.4, -0.2) is 64.2 Å². The molecule has 5 rings (SSSR count). The molecule has 4 heterocycles. The van der Waals surface area contributed by atoms with Gasteiger partial charge < -0.3 is 14.5 Å². The number of fused-ring (bicyclic) bond motifs is 1. The van der Waals surface area contributed by atoms with Gasteiger partial charge in [-0.05, 0) is 96.2 Å². The van der Waals surface area contributed by atoms with Crippen LogP contribution in [0.15, 0.2) is 39.8 Å². The minimum Gasteiger partial charge on any atom is -0.376 e. The van der Waals surface area contributed by atoms with Crippen LogP contribution in [0, 0.1) is 5.92 Å². The summed E-state index contributed by atoms with van der Waals surface area (Å²) in [6.07, 6.45) is 9.44. The maximum Gasteiger partial charge on any atom is 0.244 e. The largest absolute Gasteiger partial charge is 0.376 e. The Labute approximate surface area is 223 Å². The van der Waals surface area contributed by atoms with Crippen LogP contribution >= 0.6 is 15.9 Å². The highest BCUT2D eigenvalue weighted by atomic mass is 79.9. The number of anilines is 1. The monoisotopic (exact) mass is 576 g/mol. The molecule has 0 radical (unpaired) electrons. The third kappa shape index (κ3) is 6.48. The molecule has 2 aromatic rings. The summed E-state index contributed by atoms with van der Waals surface area (Å²) in [7, 11) is -3.71. The van der Waals surface area contributed by atoms with Crippen molar-refractivity contribution in [3.63, 3.8) is 0 Å². The normalized spacial score (nSPS) is 21.4. The number of ether oxygens (including phenoxy) is 1. The Hall–Kier alpha value is -1.52. The molecular formula is C27H37BrN4O3S. The summed E-state index contributed by atoms with van der Waals surface area (Å²) < 4.78 is 35.9. The summed E-state index contributed by atoms with van der Waals surface area (Å²) in [5, 5.41) is 0. The minimum absolute atomic E-state index is 0.262. The van der Waals surface area contributed by atoms with Gasteiger partial charge in [-0.25, -0.2) is 18.1 Å². The maximum atomic E-state index is 13.4. The summed E-state index contributed by atoms with van der Waals surface area (Å²) in [6, 6.07) is 8.06. The average molecular weight is 578 g/mol. The van der Waals surface area contributed by atoms with E-state index in [4.69, 9.17) is 4.74 Å². The van der Waals surface area contributed by atoms with Gasteiger partial charge >= 0.3 is 0 Å². The fraction of sp³-hybridized carbons (Fsp3) is 0.593. The zero-order chi connectivity index (χ0) is 25.0. The molecule has 9 heteroatoms. The van der Waals surface area contributed by atoms with Gasteiger partial charge in [-0.15, -0.1) is 0 Å². The number of pyridine rings is 1. The van der Waals surface area contributed by atoms with Crippen molar-refractivity contribution in [2.75, 3.05) is 50.8 Å². The Morgan fingerprint density at radius 1 is 1.08 bits per heavy atom. The summed E-state index contributed by atoms with van der Waals surface area (Å²) in [4.78, 5) is 9.63. The van der Waals surface area contributed by atoms with Crippen molar-refractivity contribution in [1.82, 2.24) is 14.6 Å². The minimum atomic E-state index is -3.71. The number of hydrogen-bond acceptors (Lipinski definition) is 6. The van der Waals surface area contributed by atoms with Crippen molar-refractivity contribution >= 4 is 31.8 Å². The van der Waals surface area contributed by atoms with E-state index in [1.54, 1.807) is 12.3 Å². The summed E-state index contributed by atoms with van der Waals surface area (Å²) in [6.45, 7) is 6.93. The van der Waals surface area contributed by atoms with Gasteiger partial charge in [0.15, 0.2) is 0 Å². The van der Waals surface area contributed by atoms with Crippen molar-refractivity contribution in [2.45, 2.75) is 56.4 Å². The van der Waals surface area contributed by atoms with E-state index in [-0.39, 0.29) is 4.90 Å². The number of rotatable bonds is 8. The Morgan fingerprint density at radius 2 is 1.94 bits per heavy atom. The molecule has 2 saturated heterocycles. The highest BCUT2D eigenvalue weighted by molar-refractivity contribution is 9.10. The van der Waals surface area contributed by atoms with Gasteiger partial charge in [-0.3, -0.25) is 0 Å². The Kier molecular flexibility index (Phi) is 8.63. The fourth-order valence-electron chi connectivity index (χ4n) is 5.74. The predicted octanol–water partition coefficient (Wildman–Crippen LogP) is 4.14. The second-order valence-electron chi connectivity index (χ2n) is 10.3. The lowest BCUT2D eigenvalue weighted by Gasteiger charge is -2.37. The zero-order valence-corrected chi connectivity index (χ0v) is 23.3. The smallest absolute Gasteiger partial charge is 0.244 e. The molecule has 2 fully saturated rings. The van der Waals surface area contributed by atoms with E-state index in [1.807, 2.05) is 0 Å². The van der Waals surface area contributed by atoms with Crippen molar-refractivity contribution < 1.29 is 13.2 Å². The Balaban J connectivity index is 1.25. The molecule has 36 heavy (non-hydrogen) atoms. The number of hydrogen-bond donors (Lipinski definition) is 1. The zero-order valence-electron chi connectivity index (χ0n) is 20.9. The van der Waals surface area contributed by atoms with E-state index in [2.05, 4.69) is 53.6 Å². The maximum absolute atomic E-state index is 13.4. The Morgan fingerprint density at radius 3 is 2.81 bits per heavy atom. The number of halogens is 1. The van der Waals surface area contributed by atoms with Gasteiger partial charge in [0.1, 0.15) is 10.7 Å². The first-order chi connectivity index (χ1) is 17.5. The van der Waals surface area contributed by atoms with E-state index in [9.17, 15) is 8.42 Å². The molecule has 1 unspecified atom stereocenters. The second-order valence-corrected chi connectivity index (χ2v) is 13.0. The lowest BCUT2D eigenvalue weighted by molar-refractivity contribution is 0.110. The molecule has 3 aliphatic heterocycles. The first-order valence-corrected chi connectivity index (χ1v) is 15.6. The number of nitrogens with zero attached hydrogens (tertiary/aromatic N) is 3. The van der Waals surface area contributed by atoms with Crippen LogP contribution in [-0.2, 0) is 34.2 Å². The topological polar surface area (TPSA) is 74.8 Å². The third-order valence-electron chi connectivity index (χ3n) is 7.62.